The fraction of sp³-hybridized carbons (Fsp3) is 0.600. The van der Waals surface area contributed by atoms with Gasteiger partial charge >= 0.3 is 0 Å². The number of benzene rings is 1. The van der Waals surface area contributed by atoms with Gasteiger partial charge in [0.15, 0.2) is 0 Å². The third-order valence-electron chi connectivity index (χ3n) is 4.80. The molecule has 0 unspecified atom stereocenters. The highest BCUT2D eigenvalue weighted by atomic mass is 32.2. The molecular formula is C15H23FN2O2S. The van der Waals surface area contributed by atoms with Crippen molar-refractivity contribution in [1.29, 1.82) is 0 Å². The molecule has 1 aromatic carbocycles. The summed E-state index contributed by atoms with van der Waals surface area (Å²) in [5, 5.41) is 0. The van der Waals surface area contributed by atoms with Crippen LogP contribution in [0.25, 0.3) is 0 Å². The highest BCUT2D eigenvalue weighted by molar-refractivity contribution is 7.89. The summed E-state index contributed by atoms with van der Waals surface area (Å²) in [6, 6.07) is 4.11. The van der Waals surface area contributed by atoms with E-state index < -0.39 is 15.8 Å². The Morgan fingerprint density at radius 3 is 2.52 bits per heavy atom. The third-order valence-corrected chi connectivity index (χ3v) is 6.73. The van der Waals surface area contributed by atoms with E-state index in [0.29, 0.717) is 13.1 Å². The average Bonchev–Trinajstić information content (AvgIpc) is 2.93. The van der Waals surface area contributed by atoms with E-state index in [1.165, 1.54) is 22.5 Å². The molecule has 0 spiro atoms. The first kappa shape index (κ1) is 16.4. The van der Waals surface area contributed by atoms with Crippen molar-refractivity contribution >= 4 is 10.0 Å². The van der Waals surface area contributed by atoms with Crippen LogP contribution in [0.3, 0.4) is 0 Å². The van der Waals surface area contributed by atoms with Gasteiger partial charge in [0.1, 0.15) is 5.82 Å². The fourth-order valence-corrected chi connectivity index (χ4v) is 4.84. The van der Waals surface area contributed by atoms with Gasteiger partial charge in [-0.15, -0.1) is 0 Å². The van der Waals surface area contributed by atoms with Gasteiger partial charge in [0.2, 0.25) is 10.0 Å². The van der Waals surface area contributed by atoms with E-state index in [-0.39, 0.29) is 22.4 Å². The Labute approximate surface area is 126 Å². The second kappa shape index (κ2) is 6.02. The molecule has 1 aromatic rings. The van der Waals surface area contributed by atoms with Crippen LogP contribution in [-0.2, 0) is 16.6 Å². The summed E-state index contributed by atoms with van der Waals surface area (Å²) in [4.78, 5) is 0.00741. The van der Waals surface area contributed by atoms with Crippen molar-refractivity contribution in [3.8, 4) is 0 Å². The number of halogens is 1. The molecule has 21 heavy (non-hydrogen) atoms. The molecule has 1 aliphatic rings. The molecule has 1 saturated heterocycles. The Balaban J connectivity index is 2.39. The Morgan fingerprint density at radius 1 is 1.33 bits per heavy atom. The maximum atomic E-state index is 13.8. The Bertz CT molecular complexity index is 612. The lowest BCUT2D eigenvalue weighted by atomic mass is 9.82. The van der Waals surface area contributed by atoms with Crippen LogP contribution in [-0.4, -0.2) is 25.8 Å². The number of hydrogen-bond donors (Lipinski definition) is 1. The minimum Gasteiger partial charge on any atom is -0.326 e. The largest absolute Gasteiger partial charge is 0.326 e. The van der Waals surface area contributed by atoms with Gasteiger partial charge in [-0.2, -0.15) is 4.31 Å². The standard InChI is InChI=1S/C15H23FN2O2S/c1-3-15(4-2)8-9-18(11-15)21(19,20)14-7-5-6-13(16)12(14)10-17/h5-7H,3-4,8-11,17H2,1-2H3. The molecule has 118 valence electrons. The second-order valence-corrected chi connectivity index (χ2v) is 7.62. The monoisotopic (exact) mass is 314 g/mol. The van der Waals surface area contributed by atoms with E-state index in [4.69, 9.17) is 5.73 Å². The molecule has 1 aliphatic heterocycles. The van der Waals surface area contributed by atoms with Crippen LogP contribution >= 0.6 is 0 Å². The van der Waals surface area contributed by atoms with Crippen LogP contribution in [0.5, 0.6) is 0 Å². The van der Waals surface area contributed by atoms with Crippen LogP contribution in [0.2, 0.25) is 0 Å². The summed E-state index contributed by atoms with van der Waals surface area (Å²) >= 11 is 0. The lowest BCUT2D eigenvalue weighted by Crippen LogP contribution is -2.32. The molecule has 0 aliphatic carbocycles. The van der Waals surface area contributed by atoms with Gasteiger partial charge in [-0.3, -0.25) is 0 Å². The van der Waals surface area contributed by atoms with Crippen molar-refractivity contribution in [3.63, 3.8) is 0 Å². The van der Waals surface area contributed by atoms with Crippen LogP contribution in [0.1, 0.15) is 38.7 Å². The van der Waals surface area contributed by atoms with E-state index in [1.54, 1.807) is 0 Å². The lowest BCUT2D eigenvalue weighted by molar-refractivity contribution is 0.279. The smallest absolute Gasteiger partial charge is 0.243 e. The van der Waals surface area contributed by atoms with E-state index in [1.807, 2.05) is 0 Å². The van der Waals surface area contributed by atoms with Crippen LogP contribution in [0, 0.1) is 11.2 Å². The zero-order chi connectivity index (χ0) is 15.7. The lowest BCUT2D eigenvalue weighted by Gasteiger charge is -2.26. The summed E-state index contributed by atoms with van der Waals surface area (Å²) in [7, 11) is -3.68. The molecular weight excluding hydrogens is 291 g/mol. The number of rotatable bonds is 5. The number of nitrogens with two attached hydrogens (primary N) is 1. The fourth-order valence-electron chi connectivity index (χ4n) is 3.04. The average molecular weight is 314 g/mol. The first-order valence-corrected chi connectivity index (χ1v) is 8.82. The van der Waals surface area contributed by atoms with E-state index in [2.05, 4.69) is 13.8 Å². The Hall–Kier alpha value is -0.980. The minimum atomic E-state index is -3.68. The Morgan fingerprint density at radius 2 is 2.00 bits per heavy atom. The van der Waals surface area contributed by atoms with Crippen LogP contribution in [0.4, 0.5) is 4.39 Å². The van der Waals surface area contributed by atoms with Gasteiger partial charge in [0.05, 0.1) is 4.90 Å². The van der Waals surface area contributed by atoms with E-state index >= 15 is 0 Å². The maximum Gasteiger partial charge on any atom is 0.243 e. The summed E-state index contributed by atoms with van der Waals surface area (Å²) < 4.78 is 40.8. The quantitative estimate of drug-likeness (QED) is 0.908. The topological polar surface area (TPSA) is 63.4 Å². The van der Waals surface area contributed by atoms with E-state index in [0.717, 1.165) is 19.3 Å². The number of hydrogen-bond acceptors (Lipinski definition) is 3. The van der Waals surface area contributed by atoms with Crippen molar-refractivity contribution < 1.29 is 12.8 Å². The van der Waals surface area contributed by atoms with Crippen molar-refractivity contribution in [1.82, 2.24) is 4.31 Å². The zero-order valence-electron chi connectivity index (χ0n) is 12.6. The molecule has 0 atom stereocenters. The van der Waals surface area contributed by atoms with E-state index in [9.17, 15) is 12.8 Å². The van der Waals surface area contributed by atoms with Crippen molar-refractivity contribution in [2.24, 2.45) is 11.1 Å². The molecule has 0 bridgehead atoms. The van der Waals surface area contributed by atoms with Crippen molar-refractivity contribution in [3.05, 3.63) is 29.6 Å². The Kier molecular flexibility index (Phi) is 4.70. The zero-order valence-corrected chi connectivity index (χ0v) is 13.4. The predicted molar refractivity (Wildman–Crippen MR) is 80.7 cm³/mol. The molecule has 0 saturated carbocycles. The molecule has 1 heterocycles. The second-order valence-electron chi connectivity index (χ2n) is 5.72. The highest BCUT2D eigenvalue weighted by Gasteiger charge is 2.41. The van der Waals surface area contributed by atoms with Crippen LogP contribution in [0.15, 0.2) is 23.1 Å². The molecule has 0 radical (unpaired) electrons. The predicted octanol–water partition coefficient (Wildman–Crippen LogP) is 2.49. The first-order chi connectivity index (χ1) is 9.90. The molecule has 2 rings (SSSR count). The van der Waals surface area contributed by atoms with Gasteiger partial charge in [0, 0.05) is 25.2 Å². The van der Waals surface area contributed by atoms with Gasteiger partial charge in [-0.25, -0.2) is 12.8 Å². The van der Waals surface area contributed by atoms with Crippen LogP contribution < -0.4 is 5.73 Å². The molecule has 2 N–H and O–H groups in total. The first-order valence-electron chi connectivity index (χ1n) is 7.38. The summed E-state index contributed by atoms with van der Waals surface area (Å²) in [6.45, 7) is 5.05. The molecule has 6 heteroatoms. The van der Waals surface area contributed by atoms with Crippen molar-refractivity contribution in [2.75, 3.05) is 13.1 Å². The van der Waals surface area contributed by atoms with Gasteiger partial charge in [0.25, 0.3) is 0 Å². The van der Waals surface area contributed by atoms with Gasteiger partial charge in [-0.1, -0.05) is 19.9 Å². The number of nitrogens with zero attached hydrogens (tertiary/aromatic N) is 1. The molecule has 1 fully saturated rings. The summed E-state index contributed by atoms with van der Waals surface area (Å²) in [5.74, 6) is -0.560. The molecule has 4 nitrogen and oxygen atoms in total. The SMILES string of the molecule is CCC1(CC)CCN(S(=O)(=O)c2cccc(F)c2CN)C1. The van der Waals surface area contributed by atoms with Gasteiger partial charge < -0.3 is 5.73 Å². The summed E-state index contributed by atoms with van der Waals surface area (Å²) in [6.07, 6.45) is 2.75. The number of sulfonamides is 1. The van der Waals surface area contributed by atoms with Crippen molar-refractivity contribution in [2.45, 2.75) is 44.6 Å². The molecule has 0 amide bonds. The molecule has 0 aromatic heterocycles. The highest BCUT2D eigenvalue weighted by Crippen LogP contribution is 2.39. The summed E-state index contributed by atoms with van der Waals surface area (Å²) in [5.41, 5.74) is 5.65. The third kappa shape index (κ3) is 2.84. The van der Waals surface area contributed by atoms with Gasteiger partial charge in [-0.05, 0) is 36.8 Å². The minimum absolute atomic E-state index is 0.00741. The normalized spacial score (nSPS) is 19.0. The maximum absolute atomic E-state index is 13.8.